The van der Waals surface area contributed by atoms with Gasteiger partial charge in [-0.2, -0.15) is 0 Å². The molecule has 0 aromatic heterocycles. The van der Waals surface area contributed by atoms with Gasteiger partial charge in [0.1, 0.15) is 0 Å². The second kappa shape index (κ2) is 7.95. The molecule has 1 aromatic rings. The lowest BCUT2D eigenvalue weighted by Crippen LogP contribution is -2.36. The zero-order chi connectivity index (χ0) is 15.2. The van der Waals surface area contributed by atoms with Gasteiger partial charge in [0, 0.05) is 10.9 Å². The van der Waals surface area contributed by atoms with Gasteiger partial charge in [0.05, 0.1) is 6.04 Å². The maximum absolute atomic E-state index is 12.2. The molecule has 0 aliphatic carbocycles. The minimum Gasteiger partial charge on any atom is -0.350 e. The number of benzene rings is 1. The van der Waals surface area contributed by atoms with Gasteiger partial charge in [0.2, 0.25) is 5.91 Å². The van der Waals surface area contributed by atoms with Crippen LogP contribution in [0.25, 0.3) is 0 Å². The highest BCUT2D eigenvalue weighted by atomic mass is 79.9. The summed E-state index contributed by atoms with van der Waals surface area (Å²) in [6.45, 7) is 6.40. The molecular formula is C17H25BrN2O. The van der Waals surface area contributed by atoms with E-state index in [4.69, 9.17) is 0 Å². The van der Waals surface area contributed by atoms with Crippen LogP contribution in [0.3, 0.4) is 0 Å². The molecule has 1 aliphatic heterocycles. The Hall–Kier alpha value is -0.870. The molecule has 1 aliphatic rings. The third-order valence-electron chi connectivity index (χ3n) is 4.37. The van der Waals surface area contributed by atoms with E-state index < -0.39 is 0 Å². The average molecular weight is 353 g/mol. The first kappa shape index (κ1) is 16.5. The quantitative estimate of drug-likeness (QED) is 0.848. The van der Waals surface area contributed by atoms with E-state index in [1.807, 2.05) is 25.1 Å². The first-order chi connectivity index (χ1) is 10.1. The second-order valence-corrected chi connectivity index (χ2v) is 7.05. The summed E-state index contributed by atoms with van der Waals surface area (Å²) in [7, 11) is 0. The summed E-state index contributed by atoms with van der Waals surface area (Å²) in [6.07, 6.45) is 3.08. The van der Waals surface area contributed by atoms with Crippen LogP contribution >= 0.6 is 15.9 Å². The topological polar surface area (TPSA) is 41.1 Å². The number of halogens is 1. The Morgan fingerprint density at radius 1 is 1.48 bits per heavy atom. The number of carbonyl (C=O) groups is 1. The standard InChI is InChI=1S/C17H25BrN2O/c1-12(15-6-4-8-19-11-15)9-17(21)20-13(2)14-5-3-7-16(18)10-14/h3,5,7,10,12-13,15,19H,4,6,8-9,11H2,1-2H3,(H,20,21)/t12?,13-,15?/m1/s1. The molecular weight excluding hydrogens is 328 g/mol. The Morgan fingerprint density at radius 2 is 2.29 bits per heavy atom. The third kappa shape index (κ3) is 5.11. The van der Waals surface area contributed by atoms with Crippen LogP contribution in [0.4, 0.5) is 0 Å². The molecule has 0 radical (unpaired) electrons. The number of hydrogen-bond donors (Lipinski definition) is 2. The summed E-state index contributed by atoms with van der Waals surface area (Å²) < 4.78 is 1.04. The molecule has 21 heavy (non-hydrogen) atoms. The van der Waals surface area contributed by atoms with Gasteiger partial charge in [-0.3, -0.25) is 4.79 Å². The zero-order valence-corrected chi connectivity index (χ0v) is 14.4. The minimum atomic E-state index is 0.0479. The summed E-state index contributed by atoms with van der Waals surface area (Å²) in [6, 6.07) is 8.14. The molecule has 3 nitrogen and oxygen atoms in total. The van der Waals surface area contributed by atoms with Gasteiger partial charge in [0.15, 0.2) is 0 Å². The van der Waals surface area contributed by atoms with Gasteiger partial charge >= 0.3 is 0 Å². The van der Waals surface area contributed by atoms with Crippen molar-refractivity contribution in [1.82, 2.24) is 10.6 Å². The highest BCUT2D eigenvalue weighted by Gasteiger charge is 2.22. The molecule has 116 valence electrons. The van der Waals surface area contributed by atoms with Gasteiger partial charge in [-0.15, -0.1) is 0 Å². The smallest absolute Gasteiger partial charge is 0.220 e. The molecule has 4 heteroatoms. The van der Waals surface area contributed by atoms with E-state index in [1.54, 1.807) is 0 Å². The van der Waals surface area contributed by atoms with Gasteiger partial charge < -0.3 is 10.6 Å². The van der Waals surface area contributed by atoms with E-state index in [0.717, 1.165) is 23.1 Å². The normalized spacial score (nSPS) is 21.6. The Kier molecular flexibility index (Phi) is 6.24. The van der Waals surface area contributed by atoms with Crippen molar-refractivity contribution in [1.29, 1.82) is 0 Å². The summed E-state index contributed by atoms with van der Waals surface area (Å²) in [5, 5.41) is 6.54. The van der Waals surface area contributed by atoms with Gasteiger partial charge in [-0.25, -0.2) is 0 Å². The second-order valence-electron chi connectivity index (χ2n) is 6.13. The molecule has 1 heterocycles. The van der Waals surface area contributed by atoms with Crippen LogP contribution in [-0.2, 0) is 4.79 Å². The average Bonchev–Trinajstić information content (AvgIpc) is 2.48. The first-order valence-electron chi connectivity index (χ1n) is 7.82. The molecule has 0 saturated carbocycles. The molecule has 1 saturated heterocycles. The maximum Gasteiger partial charge on any atom is 0.220 e. The summed E-state index contributed by atoms with van der Waals surface area (Å²) in [5.74, 6) is 1.22. The highest BCUT2D eigenvalue weighted by molar-refractivity contribution is 9.10. The minimum absolute atomic E-state index is 0.0479. The molecule has 1 amide bonds. The predicted molar refractivity (Wildman–Crippen MR) is 90.1 cm³/mol. The number of carbonyl (C=O) groups excluding carboxylic acids is 1. The van der Waals surface area contributed by atoms with Crippen molar-refractivity contribution in [2.45, 2.75) is 39.2 Å². The Bertz CT molecular complexity index is 472. The van der Waals surface area contributed by atoms with Crippen LogP contribution in [0.15, 0.2) is 28.7 Å². The van der Waals surface area contributed by atoms with Crippen molar-refractivity contribution in [3.63, 3.8) is 0 Å². The van der Waals surface area contributed by atoms with Gasteiger partial charge in [0.25, 0.3) is 0 Å². The third-order valence-corrected chi connectivity index (χ3v) is 4.87. The van der Waals surface area contributed by atoms with E-state index in [1.165, 1.54) is 12.8 Å². The van der Waals surface area contributed by atoms with E-state index in [-0.39, 0.29) is 11.9 Å². The van der Waals surface area contributed by atoms with Crippen molar-refractivity contribution in [2.75, 3.05) is 13.1 Å². The number of nitrogens with one attached hydrogen (secondary N) is 2. The Balaban J connectivity index is 1.83. The van der Waals surface area contributed by atoms with Crippen LogP contribution in [0.2, 0.25) is 0 Å². The molecule has 0 bridgehead atoms. The van der Waals surface area contributed by atoms with Crippen LogP contribution in [0.5, 0.6) is 0 Å². The molecule has 2 N–H and O–H groups in total. The van der Waals surface area contributed by atoms with Crippen LogP contribution in [-0.4, -0.2) is 19.0 Å². The number of amides is 1. The fraction of sp³-hybridized carbons (Fsp3) is 0.588. The molecule has 3 atom stereocenters. The highest BCUT2D eigenvalue weighted by Crippen LogP contribution is 2.23. The fourth-order valence-electron chi connectivity index (χ4n) is 2.98. The lowest BCUT2D eigenvalue weighted by atomic mass is 9.85. The van der Waals surface area contributed by atoms with E-state index in [9.17, 15) is 4.79 Å². The summed E-state index contributed by atoms with van der Waals surface area (Å²) in [4.78, 5) is 12.2. The predicted octanol–water partition coefficient (Wildman–Crippen LogP) is 3.65. The molecule has 1 aromatic carbocycles. The molecule has 0 spiro atoms. The lowest BCUT2D eigenvalue weighted by Gasteiger charge is -2.28. The zero-order valence-electron chi connectivity index (χ0n) is 12.9. The van der Waals surface area contributed by atoms with E-state index in [0.29, 0.717) is 18.3 Å². The van der Waals surface area contributed by atoms with E-state index in [2.05, 4.69) is 39.6 Å². The van der Waals surface area contributed by atoms with Crippen molar-refractivity contribution in [2.24, 2.45) is 11.8 Å². The van der Waals surface area contributed by atoms with Crippen LogP contribution in [0.1, 0.15) is 44.7 Å². The largest absolute Gasteiger partial charge is 0.350 e. The Labute approximate surface area is 136 Å². The van der Waals surface area contributed by atoms with Crippen molar-refractivity contribution < 1.29 is 4.79 Å². The lowest BCUT2D eigenvalue weighted by molar-refractivity contribution is -0.123. The number of rotatable bonds is 5. The molecule has 1 fully saturated rings. The number of piperidine rings is 1. The SMILES string of the molecule is CC(CC(=O)N[C@H](C)c1cccc(Br)c1)C1CCCNC1. The summed E-state index contributed by atoms with van der Waals surface area (Å²) >= 11 is 3.47. The monoisotopic (exact) mass is 352 g/mol. The number of hydrogen-bond acceptors (Lipinski definition) is 2. The van der Waals surface area contributed by atoms with Crippen molar-refractivity contribution in [3.05, 3.63) is 34.3 Å². The van der Waals surface area contributed by atoms with Crippen molar-refractivity contribution >= 4 is 21.8 Å². The Morgan fingerprint density at radius 3 is 2.95 bits per heavy atom. The van der Waals surface area contributed by atoms with Crippen LogP contribution in [0, 0.1) is 11.8 Å². The van der Waals surface area contributed by atoms with E-state index >= 15 is 0 Å². The molecule has 2 rings (SSSR count). The van der Waals surface area contributed by atoms with Gasteiger partial charge in [-0.1, -0.05) is 35.0 Å². The summed E-state index contributed by atoms with van der Waals surface area (Å²) in [5.41, 5.74) is 1.13. The first-order valence-corrected chi connectivity index (χ1v) is 8.61. The molecule has 2 unspecified atom stereocenters. The van der Waals surface area contributed by atoms with Crippen LogP contribution < -0.4 is 10.6 Å². The fourth-order valence-corrected chi connectivity index (χ4v) is 3.40. The maximum atomic E-state index is 12.2. The van der Waals surface area contributed by atoms with Gasteiger partial charge in [-0.05, 0) is 62.4 Å². The van der Waals surface area contributed by atoms with Crippen molar-refractivity contribution in [3.8, 4) is 0 Å².